The van der Waals surface area contributed by atoms with Crippen LogP contribution in [0.4, 0.5) is 5.69 Å². The van der Waals surface area contributed by atoms with Gasteiger partial charge in [0.15, 0.2) is 6.19 Å². The van der Waals surface area contributed by atoms with Crippen molar-refractivity contribution in [1.29, 1.82) is 5.26 Å². The van der Waals surface area contributed by atoms with Gasteiger partial charge in [0.25, 0.3) is 5.91 Å². The molecule has 0 spiro atoms. The Morgan fingerprint density at radius 3 is 2.45 bits per heavy atom. The van der Waals surface area contributed by atoms with E-state index in [2.05, 4.69) is 37.3 Å². The molecule has 3 atom stereocenters. The van der Waals surface area contributed by atoms with Gasteiger partial charge in [0.1, 0.15) is 12.1 Å². The van der Waals surface area contributed by atoms with Crippen LogP contribution in [-0.4, -0.2) is 40.3 Å². The smallest absolute Gasteiger partial charge is 0.251 e. The minimum Gasteiger partial charge on any atom is -0.352 e. The van der Waals surface area contributed by atoms with E-state index in [1.165, 1.54) is 9.80 Å². The van der Waals surface area contributed by atoms with Gasteiger partial charge in [0.2, 0.25) is 5.91 Å². The van der Waals surface area contributed by atoms with E-state index in [-0.39, 0.29) is 23.3 Å². The molecule has 33 heavy (non-hydrogen) atoms. The van der Waals surface area contributed by atoms with Crippen molar-refractivity contribution in [3.8, 4) is 6.19 Å². The Labute approximate surface area is 196 Å². The first-order valence-electron chi connectivity index (χ1n) is 11.5. The van der Waals surface area contributed by atoms with Gasteiger partial charge in [-0.1, -0.05) is 45.9 Å². The largest absolute Gasteiger partial charge is 0.352 e. The van der Waals surface area contributed by atoms with Gasteiger partial charge >= 0.3 is 0 Å². The molecular formula is C26H33N5O2. The lowest BCUT2D eigenvalue weighted by Gasteiger charge is -2.41. The van der Waals surface area contributed by atoms with Gasteiger partial charge in [-0.05, 0) is 48.9 Å². The highest BCUT2D eigenvalue weighted by atomic mass is 16.2. The molecule has 7 heteroatoms. The first-order valence-corrected chi connectivity index (χ1v) is 11.5. The van der Waals surface area contributed by atoms with Crippen molar-refractivity contribution in [2.24, 2.45) is 0 Å². The van der Waals surface area contributed by atoms with Gasteiger partial charge in [0.05, 0.1) is 0 Å². The maximum atomic E-state index is 13.8. The second-order valence-electron chi connectivity index (χ2n) is 9.61. The molecule has 1 aliphatic heterocycles. The predicted molar refractivity (Wildman–Crippen MR) is 128 cm³/mol. The minimum absolute atomic E-state index is 0.0452. The number of benzene rings is 1. The summed E-state index contributed by atoms with van der Waals surface area (Å²) in [5, 5.41) is 12.4. The zero-order valence-corrected chi connectivity index (χ0v) is 20.1. The van der Waals surface area contributed by atoms with Crippen molar-refractivity contribution >= 4 is 17.5 Å². The number of carbonyl (C=O) groups is 2. The van der Waals surface area contributed by atoms with E-state index in [0.29, 0.717) is 24.2 Å². The summed E-state index contributed by atoms with van der Waals surface area (Å²) in [5.41, 5.74) is 2.32. The van der Waals surface area contributed by atoms with Crippen molar-refractivity contribution in [3.05, 3.63) is 59.9 Å². The predicted octanol–water partition coefficient (Wildman–Crippen LogP) is 3.92. The quantitative estimate of drug-likeness (QED) is 0.650. The maximum absolute atomic E-state index is 13.8. The molecule has 1 aromatic heterocycles. The van der Waals surface area contributed by atoms with Crippen molar-refractivity contribution in [3.63, 3.8) is 0 Å². The van der Waals surface area contributed by atoms with Crippen molar-refractivity contribution in [2.45, 2.75) is 71.0 Å². The van der Waals surface area contributed by atoms with Gasteiger partial charge in [-0.3, -0.25) is 24.4 Å². The third kappa shape index (κ3) is 5.33. The summed E-state index contributed by atoms with van der Waals surface area (Å²) in [5.74, 6) is -0.534. The number of pyridine rings is 1. The van der Waals surface area contributed by atoms with Crippen LogP contribution in [0.25, 0.3) is 0 Å². The monoisotopic (exact) mass is 447 g/mol. The molecule has 1 fully saturated rings. The fraction of sp³-hybridized carbons (Fsp3) is 0.462. The number of hydrogen-bond donors (Lipinski definition) is 1. The lowest BCUT2D eigenvalue weighted by atomic mass is 9.87. The normalized spacial score (nSPS) is 17.3. The fourth-order valence-electron chi connectivity index (χ4n) is 3.83. The van der Waals surface area contributed by atoms with Crippen LogP contribution in [0.5, 0.6) is 0 Å². The molecule has 174 valence electrons. The molecule has 3 unspecified atom stereocenters. The van der Waals surface area contributed by atoms with Gasteiger partial charge < -0.3 is 5.32 Å². The highest BCUT2D eigenvalue weighted by Gasteiger charge is 2.42. The average molecular weight is 448 g/mol. The Kier molecular flexibility index (Phi) is 7.37. The molecule has 0 radical (unpaired) electrons. The van der Waals surface area contributed by atoms with Crippen LogP contribution in [0, 0.1) is 11.5 Å². The van der Waals surface area contributed by atoms with E-state index >= 15 is 0 Å². The van der Waals surface area contributed by atoms with Crippen LogP contribution >= 0.6 is 0 Å². The van der Waals surface area contributed by atoms with E-state index in [1.54, 1.807) is 24.5 Å². The van der Waals surface area contributed by atoms with Gasteiger partial charge in [0, 0.05) is 36.2 Å². The van der Waals surface area contributed by atoms with E-state index in [9.17, 15) is 14.9 Å². The van der Waals surface area contributed by atoms with Crippen LogP contribution in [0.1, 0.15) is 64.6 Å². The van der Waals surface area contributed by atoms with Gasteiger partial charge in [-0.25, -0.2) is 0 Å². The van der Waals surface area contributed by atoms with Crippen molar-refractivity contribution in [1.82, 2.24) is 15.2 Å². The molecule has 7 nitrogen and oxygen atoms in total. The third-order valence-corrected chi connectivity index (χ3v) is 6.19. The number of nitrogens with zero attached hydrogens (tertiary/aromatic N) is 4. The van der Waals surface area contributed by atoms with Crippen LogP contribution in [0.15, 0.2) is 48.8 Å². The summed E-state index contributed by atoms with van der Waals surface area (Å²) >= 11 is 0. The van der Waals surface area contributed by atoms with Gasteiger partial charge in [-0.2, -0.15) is 5.26 Å². The average Bonchev–Trinajstić information content (AvgIpc) is 2.76. The molecule has 0 bridgehead atoms. The summed E-state index contributed by atoms with van der Waals surface area (Å²) in [6.45, 7) is 10.9. The standard InChI is InChI=1S/C26H33N5O2/c1-6-18(2)29-24(32)23(19-8-7-14-28-16-19)31(25(33)22-13-15-30(22)17-27)21-11-9-20(10-12-21)26(3,4)5/h7-12,14,16,18,22-23H,6,13,15H2,1-5H3,(H,29,32). The fourth-order valence-corrected chi connectivity index (χ4v) is 3.83. The molecule has 1 N–H and O–H groups in total. The summed E-state index contributed by atoms with van der Waals surface area (Å²) in [6, 6.07) is 9.79. The highest BCUT2D eigenvalue weighted by Crippen LogP contribution is 2.33. The Hall–Kier alpha value is -3.40. The Balaban J connectivity index is 2.10. The first kappa shape index (κ1) is 24.2. The number of amides is 2. The first-order chi connectivity index (χ1) is 15.7. The molecule has 2 aromatic rings. The molecule has 2 amide bonds. The molecule has 0 saturated carbocycles. The van der Waals surface area contributed by atoms with Crippen LogP contribution in [-0.2, 0) is 15.0 Å². The number of nitriles is 1. The van der Waals surface area contributed by atoms with Crippen LogP contribution in [0.2, 0.25) is 0 Å². The maximum Gasteiger partial charge on any atom is 0.251 e. The Morgan fingerprint density at radius 2 is 1.97 bits per heavy atom. The lowest BCUT2D eigenvalue weighted by Crippen LogP contribution is -2.57. The molecule has 1 aliphatic rings. The highest BCUT2D eigenvalue weighted by molar-refractivity contribution is 6.04. The Bertz CT molecular complexity index is 1010. The number of aromatic nitrogens is 1. The molecule has 1 saturated heterocycles. The second-order valence-corrected chi connectivity index (χ2v) is 9.61. The molecule has 0 aliphatic carbocycles. The summed E-state index contributed by atoms with van der Waals surface area (Å²) in [7, 11) is 0. The van der Waals surface area contributed by atoms with Gasteiger partial charge in [-0.15, -0.1) is 0 Å². The number of rotatable bonds is 7. The van der Waals surface area contributed by atoms with Crippen LogP contribution in [0.3, 0.4) is 0 Å². The summed E-state index contributed by atoms with van der Waals surface area (Å²) in [6.07, 6.45) is 6.70. The van der Waals surface area contributed by atoms with E-state index < -0.39 is 12.1 Å². The Morgan fingerprint density at radius 1 is 1.27 bits per heavy atom. The number of anilines is 1. The minimum atomic E-state index is -0.901. The topological polar surface area (TPSA) is 89.3 Å². The number of likely N-dealkylation sites (tertiary alicyclic amines) is 1. The number of nitrogens with one attached hydrogen (secondary N) is 1. The zero-order valence-electron chi connectivity index (χ0n) is 20.1. The van der Waals surface area contributed by atoms with Crippen LogP contribution < -0.4 is 10.2 Å². The molecule has 2 heterocycles. The molecule has 3 rings (SSSR count). The SMILES string of the molecule is CCC(C)NC(=O)C(c1cccnc1)N(C(=O)C1CCN1C#N)c1ccc(C(C)(C)C)cc1. The van der Waals surface area contributed by atoms with E-state index in [1.807, 2.05) is 38.1 Å². The second kappa shape index (κ2) is 10.0. The molecule has 1 aromatic carbocycles. The third-order valence-electron chi connectivity index (χ3n) is 6.19. The summed E-state index contributed by atoms with van der Waals surface area (Å²) < 4.78 is 0. The van der Waals surface area contributed by atoms with Crippen molar-refractivity contribution in [2.75, 3.05) is 11.4 Å². The summed E-state index contributed by atoms with van der Waals surface area (Å²) in [4.78, 5) is 34.5. The number of hydrogen-bond acceptors (Lipinski definition) is 5. The van der Waals surface area contributed by atoms with E-state index in [4.69, 9.17) is 0 Å². The zero-order chi connectivity index (χ0) is 24.2. The molecular weight excluding hydrogens is 414 g/mol. The van der Waals surface area contributed by atoms with Crippen molar-refractivity contribution < 1.29 is 9.59 Å². The number of carbonyl (C=O) groups excluding carboxylic acids is 2. The lowest BCUT2D eigenvalue weighted by molar-refractivity contribution is -0.130. The van der Waals surface area contributed by atoms with E-state index in [0.717, 1.165) is 12.0 Å².